The Morgan fingerprint density at radius 2 is 2.00 bits per heavy atom. The molecule has 0 unspecified atom stereocenters. The number of ether oxygens (including phenoxy) is 1. The first kappa shape index (κ1) is 16.5. The molecule has 24 heavy (non-hydrogen) atoms. The van der Waals surface area contributed by atoms with Gasteiger partial charge in [0.2, 0.25) is 0 Å². The zero-order chi connectivity index (χ0) is 16.9. The van der Waals surface area contributed by atoms with Gasteiger partial charge in [-0.1, -0.05) is 29.5 Å². The summed E-state index contributed by atoms with van der Waals surface area (Å²) in [6.45, 7) is 1.75. The van der Waals surface area contributed by atoms with Crippen molar-refractivity contribution < 1.29 is 14.3 Å². The number of aromatic nitrogens is 1. The minimum Gasteiger partial charge on any atom is -0.452 e. The van der Waals surface area contributed by atoms with Gasteiger partial charge in [-0.2, -0.15) is 0 Å². The average Bonchev–Trinajstić information content (AvgIpc) is 3.39. The van der Waals surface area contributed by atoms with Crippen LogP contribution in [0.2, 0.25) is 0 Å². The van der Waals surface area contributed by atoms with Crippen LogP contribution in [0.15, 0.2) is 52.5 Å². The number of nitrogens with one attached hydrogen (secondary N) is 1. The summed E-state index contributed by atoms with van der Waals surface area (Å²) in [7, 11) is 0. The maximum Gasteiger partial charge on any atom is 0.341 e. The largest absolute Gasteiger partial charge is 0.452 e. The lowest BCUT2D eigenvalue weighted by molar-refractivity contribution is -0.124. The highest BCUT2D eigenvalue weighted by Crippen LogP contribution is 2.29. The third kappa shape index (κ3) is 4.58. The zero-order valence-electron chi connectivity index (χ0n) is 13.3. The Hall–Kier alpha value is -2.34. The summed E-state index contributed by atoms with van der Waals surface area (Å²) in [5.74, 6) is -0.800. The molecule has 0 saturated heterocycles. The molecule has 1 saturated carbocycles. The highest BCUT2D eigenvalue weighted by molar-refractivity contribution is 7.99. The predicted molar refractivity (Wildman–Crippen MR) is 91.0 cm³/mol. The molecule has 1 amide bonds. The summed E-state index contributed by atoms with van der Waals surface area (Å²) in [4.78, 5) is 29.1. The number of benzene rings is 1. The van der Waals surface area contributed by atoms with E-state index in [-0.39, 0.29) is 18.6 Å². The van der Waals surface area contributed by atoms with E-state index in [0.29, 0.717) is 10.6 Å². The minimum absolute atomic E-state index is 0.252. The van der Waals surface area contributed by atoms with Crippen molar-refractivity contribution in [1.82, 2.24) is 10.3 Å². The molecule has 2 aromatic rings. The molecule has 0 bridgehead atoms. The molecule has 1 fully saturated rings. The standard InChI is InChI=1S/C18H18N2O3S/c1-12-4-8-14(9-5-12)24-17-15(3-2-10-19-17)18(22)23-11-16(21)20-13-6-7-13/h2-5,8-10,13H,6-7,11H2,1H3,(H,20,21). The molecule has 3 rings (SSSR count). The lowest BCUT2D eigenvalue weighted by Gasteiger charge is -2.09. The van der Waals surface area contributed by atoms with Crippen LogP contribution < -0.4 is 5.32 Å². The second-order valence-electron chi connectivity index (χ2n) is 5.69. The maximum absolute atomic E-state index is 12.3. The van der Waals surface area contributed by atoms with Gasteiger partial charge >= 0.3 is 5.97 Å². The first-order valence-corrected chi connectivity index (χ1v) is 8.59. The number of pyridine rings is 1. The van der Waals surface area contributed by atoms with Crippen LogP contribution in [-0.2, 0) is 9.53 Å². The van der Waals surface area contributed by atoms with Crippen molar-refractivity contribution in [3.8, 4) is 0 Å². The van der Waals surface area contributed by atoms with Crippen molar-refractivity contribution in [1.29, 1.82) is 0 Å². The Balaban J connectivity index is 1.64. The SMILES string of the molecule is Cc1ccc(Sc2ncccc2C(=O)OCC(=O)NC2CC2)cc1. The molecule has 0 radical (unpaired) electrons. The van der Waals surface area contributed by atoms with Gasteiger partial charge in [0.15, 0.2) is 6.61 Å². The molecule has 6 heteroatoms. The van der Waals surface area contributed by atoms with Crippen molar-refractivity contribution in [2.75, 3.05) is 6.61 Å². The van der Waals surface area contributed by atoms with Gasteiger partial charge in [-0.05, 0) is 44.0 Å². The quantitative estimate of drug-likeness (QED) is 0.818. The normalized spacial score (nSPS) is 13.4. The molecule has 0 spiro atoms. The molecule has 1 N–H and O–H groups in total. The van der Waals surface area contributed by atoms with E-state index in [4.69, 9.17) is 4.74 Å². The fourth-order valence-electron chi connectivity index (χ4n) is 2.05. The second kappa shape index (κ2) is 7.49. The smallest absolute Gasteiger partial charge is 0.341 e. The maximum atomic E-state index is 12.3. The number of rotatable bonds is 6. The summed E-state index contributed by atoms with van der Waals surface area (Å²) in [6, 6.07) is 11.6. The van der Waals surface area contributed by atoms with Gasteiger partial charge < -0.3 is 10.1 Å². The molecule has 0 aliphatic heterocycles. The monoisotopic (exact) mass is 342 g/mol. The number of hydrogen-bond acceptors (Lipinski definition) is 5. The summed E-state index contributed by atoms with van der Waals surface area (Å²) < 4.78 is 5.11. The van der Waals surface area contributed by atoms with Gasteiger partial charge in [-0.15, -0.1) is 0 Å². The van der Waals surface area contributed by atoms with E-state index >= 15 is 0 Å². The number of nitrogens with zero attached hydrogens (tertiary/aromatic N) is 1. The van der Waals surface area contributed by atoms with Crippen LogP contribution in [0.3, 0.4) is 0 Å². The Bertz CT molecular complexity index is 742. The van der Waals surface area contributed by atoms with Crippen LogP contribution in [0, 0.1) is 6.92 Å². The topological polar surface area (TPSA) is 68.3 Å². The van der Waals surface area contributed by atoms with E-state index in [0.717, 1.165) is 17.7 Å². The number of hydrogen-bond donors (Lipinski definition) is 1. The fourth-order valence-corrected chi connectivity index (χ4v) is 2.92. The molecule has 1 heterocycles. The number of aryl methyl sites for hydroxylation is 1. The molecule has 1 aliphatic rings. The van der Waals surface area contributed by atoms with E-state index in [2.05, 4.69) is 10.3 Å². The van der Waals surface area contributed by atoms with Crippen LogP contribution in [0.25, 0.3) is 0 Å². The Kier molecular flexibility index (Phi) is 5.15. The van der Waals surface area contributed by atoms with Crippen molar-refractivity contribution in [2.45, 2.75) is 35.7 Å². The Morgan fingerprint density at radius 1 is 1.25 bits per heavy atom. The molecule has 1 aromatic heterocycles. The molecule has 5 nitrogen and oxygen atoms in total. The molecule has 124 valence electrons. The third-order valence-corrected chi connectivity index (χ3v) is 4.53. The van der Waals surface area contributed by atoms with Gasteiger partial charge in [-0.25, -0.2) is 9.78 Å². The molecule has 0 atom stereocenters. The van der Waals surface area contributed by atoms with Crippen LogP contribution in [0.1, 0.15) is 28.8 Å². The second-order valence-corrected chi connectivity index (χ2v) is 6.75. The van der Waals surface area contributed by atoms with Crippen LogP contribution in [0.4, 0.5) is 0 Å². The number of carbonyl (C=O) groups is 2. The van der Waals surface area contributed by atoms with Crippen molar-refractivity contribution >= 4 is 23.6 Å². The number of amides is 1. The molecular formula is C18H18N2O3S. The first-order chi connectivity index (χ1) is 11.6. The minimum atomic E-state index is -0.538. The summed E-state index contributed by atoms with van der Waals surface area (Å²) in [6.07, 6.45) is 3.63. The van der Waals surface area contributed by atoms with E-state index < -0.39 is 5.97 Å². The third-order valence-electron chi connectivity index (χ3n) is 3.50. The van der Waals surface area contributed by atoms with Crippen LogP contribution in [-0.4, -0.2) is 29.5 Å². The zero-order valence-corrected chi connectivity index (χ0v) is 14.1. The van der Waals surface area contributed by atoms with E-state index in [1.165, 1.54) is 17.3 Å². The lowest BCUT2D eigenvalue weighted by Crippen LogP contribution is -2.30. The van der Waals surface area contributed by atoms with E-state index in [1.54, 1.807) is 18.3 Å². The highest BCUT2D eigenvalue weighted by atomic mass is 32.2. The summed E-state index contributed by atoms with van der Waals surface area (Å²) in [5, 5.41) is 3.35. The van der Waals surface area contributed by atoms with Gasteiger partial charge in [0.25, 0.3) is 5.91 Å². The van der Waals surface area contributed by atoms with E-state index in [9.17, 15) is 9.59 Å². The molecule has 1 aromatic carbocycles. The van der Waals surface area contributed by atoms with Gasteiger partial charge in [-0.3, -0.25) is 4.79 Å². The summed E-state index contributed by atoms with van der Waals surface area (Å²) >= 11 is 1.39. The lowest BCUT2D eigenvalue weighted by atomic mass is 10.2. The van der Waals surface area contributed by atoms with Gasteiger partial charge in [0.05, 0.1) is 5.56 Å². The number of carbonyl (C=O) groups excluding carboxylic acids is 2. The molecule has 1 aliphatic carbocycles. The Morgan fingerprint density at radius 3 is 2.71 bits per heavy atom. The highest BCUT2D eigenvalue weighted by Gasteiger charge is 2.24. The van der Waals surface area contributed by atoms with Crippen molar-refractivity contribution in [3.05, 3.63) is 53.7 Å². The summed E-state index contributed by atoms with van der Waals surface area (Å²) in [5.41, 5.74) is 1.53. The average molecular weight is 342 g/mol. The van der Waals surface area contributed by atoms with Gasteiger partial charge in [0, 0.05) is 17.1 Å². The van der Waals surface area contributed by atoms with E-state index in [1.807, 2.05) is 31.2 Å². The van der Waals surface area contributed by atoms with Crippen molar-refractivity contribution in [2.24, 2.45) is 0 Å². The number of esters is 1. The molecular weight excluding hydrogens is 324 g/mol. The van der Waals surface area contributed by atoms with Crippen molar-refractivity contribution in [3.63, 3.8) is 0 Å². The fraction of sp³-hybridized carbons (Fsp3) is 0.278. The van der Waals surface area contributed by atoms with Gasteiger partial charge in [0.1, 0.15) is 5.03 Å². The predicted octanol–water partition coefficient (Wildman–Crippen LogP) is 2.98. The first-order valence-electron chi connectivity index (χ1n) is 7.78. The van der Waals surface area contributed by atoms with Crippen LogP contribution >= 0.6 is 11.8 Å². The van der Waals surface area contributed by atoms with Crippen LogP contribution in [0.5, 0.6) is 0 Å². The Labute approximate surface area is 144 Å².